The van der Waals surface area contributed by atoms with Crippen LogP contribution in [0.25, 0.3) is 0 Å². The lowest BCUT2D eigenvalue weighted by Gasteiger charge is -2.57. The second-order valence-electron chi connectivity index (χ2n) is 12.2. The van der Waals surface area contributed by atoms with Crippen molar-refractivity contribution in [2.45, 2.75) is 105 Å². The molecule has 170 valence electrons. The van der Waals surface area contributed by atoms with E-state index in [2.05, 4.69) is 46.8 Å². The van der Waals surface area contributed by atoms with Gasteiger partial charge in [0.1, 0.15) is 0 Å². The first-order valence-electron chi connectivity index (χ1n) is 13.3. The number of allylic oxidation sites excluding steroid dienone is 3. The van der Waals surface area contributed by atoms with Crippen molar-refractivity contribution < 1.29 is 5.11 Å². The molecule has 8 atom stereocenters. The van der Waals surface area contributed by atoms with Crippen molar-refractivity contribution >= 4 is 0 Å². The number of aliphatic hydroxyl groups is 1. The molecule has 0 aliphatic heterocycles. The predicted octanol–water partition coefficient (Wildman–Crippen LogP) is 7.95. The molecule has 0 radical (unpaired) electrons. The van der Waals surface area contributed by atoms with Crippen LogP contribution < -0.4 is 0 Å². The Kier molecular flexibility index (Phi) is 6.61. The molecule has 1 heteroatoms. The SMILES string of the molecule is CC=C(CC[C@@H](C)[C@H]1CC[C@H]2C3=CCC4CCCC[C@]4(C)[C@H]3CC[C@]12C)C(C)CO. The minimum atomic E-state index is 0.284. The number of hydrogen-bond acceptors (Lipinski definition) is 1. The van der Waals surface area contributed by atoms with Gasteiger partial charge in [0.25, 0.3) is 0 Å². The summed E-state index contributed by atoms with van der Waals surface area (Å²) in [6, 6.07) is 0. The molecule has 1 nitrogen and oxygen atoms in total. The van der Waals surface area contributed by atoms with E-state index >= 15 is 0 Å². The third-order valence-corrected chi connectivity index (χ3v) is 10.9. The molecular formula is C29H48O. The number of fused-ring (bicyclic) bond motifs is 5. The lowest BCUT2D eigenvalue weighted by Crippen LogP contribution is -2.48. The van der Waals surface area contributed by atoms with Crippen LogP contribution in [0, 0.1) is 46.3 Å². The van der Waals surface area contributed by atoms with Gasteiger partial charge in [-0.15, -0.1) is 0 Å². The summed E-state index contributed by atoms with van der Waals surface area (Å²) in [6.45, 7) is 12.5. The molecule has 3 saturated carbocycles. The Hall–Kier alpha value is -0.560. The number of aliphatic hydroxyl groups excluding tert-OH is 1. The van der Waals surface area contributed by atoms with Gasteiger partial charge < -0.3 is 5.11 Å². The highest BCUT2D eigenvalue weighted by molar-refractivity contribution is 5.27. The van der Waals surface area contributed by atoms with Crippen LogP contribution in [0.2, 0.25) is 0 Å². The minimum Gasteiger partial charge on any atom is -0.396 e. The largest absolute Gasteiger partial charge is 0.396 e. The van der Waals surface area contributed by atoms with Crippen molar-refractivity contribution in [3.05, 3.63) is 23.3 Å². The first-order chi connectivity index (χ1) is 14.3. The summed E-state index contributed by atoms with van der Waals surface area (Å²) in [5, 5.41) is 9.57. The Balaban J connectivity index is 1.48. The molecule has 0 aromatic heterocycles. The van der Waals surface area contributed by atoms with Crippen LogP contribution in [0.5, 0.6) is 0 Å². The summed E-state index contributed by atoms with van der Waals surface area (Å²) in [5.74, 6) is 4.71. The fraction of sp³-hybridized carbons (Fsp3) is 0.862. The zero-order valence-corrected chi connectivity index (χ0v) is 20.6. The molecular weight excluding hydrogens is 364 g/mol. The molecule has 0 heterocycles. The van der Waals surface area contributed by atoms with Crippen molar-refractivity contribution in [1.29, 1.82) is 0 Å². The van der Waals surface area contributed by atoms with Crippen LogP contribution in [0.15, 0.2) is 23.3 Å². The molecule has 0 aromatic rings. The van der Waals surface area contributed by atoms with Crippen LogP contribution >= 0.6 is 0 Å². The molecule has 0 saturated heterocycles. The van der Waals surface area contributed by atoms with Gasteiger partial charge >= 0.3 is 0 Å². The monoisotopic (exact) mass is 412 g/mol. The van der Waals surface area contributed by atoms with Gasteiger partial charge in [0, 0.05) is 12.5 Å². The quantitative estimate of drug-likeness (QED) is 0.439. The van der Waals surface area contributed by atoms with E-state index in [0.717, 1.165) is 29.6 Å². The normalized spacial score (nSPS) is 43.3. The summed E-state index contributed by atoms with van der Waals surface area (Å²) in [7, 11) is 0. The van der Waals surface area contributed by atoms with Gasteiger partial charge in [-0.3, -0.25) is 0 Å². The zero-order chi connectivity index (χ0) is 21.5. The molecule has 4 aliphatic rings. The van der Waals surface area contributed by atoms with Crippen molar-refractivity contribution in [2.75, 3.05) is 6.61 Å². The summed E-state index contributed by atoms with van der Waals surface area (Å²) >= 11 is 0. The van der Waals surface area contributed by atoms with Crippen molar-refractivity contribution in [2.24, 2.45) is 46.3 Å². The first kappa shape index (κ1) is 22.6. The van der Waals surface area contributed by atoms with E-state index in [9.17, 15) is 5.11 Å². The van der Waals surface area contributed by atoms with Crippen LogP contribution in [-0.2, 0) is 0 Å². The predicted molar refractivity (Wildman–Crippen MR) is 128 cm³/mol. The molecule has 3 fully saturated rings. The van der Waals surface area contributed by atoms with Crippen LogP contribution in [-0.4, -0.2) is 11.7 Å². The molecule has 4 rings (SSSR count). The zero-order valence-electron chi connectivity index (χ0n) is 20.6. The topological polar surface area (TPSA) is 20.2 Å². The highest BCUT2D eigenvalue weighted by atomic mass is 16.3. The molecule has 0 spiro atoms. The van der Waals surface area contributed by atoms with Gasteiger partial charge in [0.2, 0.25) is 0 Å². The second-order valence-corrected chi connectivity index (χ2v) is 12.2. The molecule has 2 unspecified atom stereocenters. The summed E-state index contributed by atoms with van der Waals surface area (Å²) in [6.07, 6.45) is 20.6. The molecule has 0 aromatic carbocycles. The highest BCUT2D eigenvalue weighted by Crippen LogP contribution is 2.66. The Labute approximate surface area is 186 Å². The van der Waals surface area contributed by atoms with Gasteiger partial charge in [-0.2, -0.15) is 0 Å². The number of rotatable bonds is 6. The Morgan fingerprint density at radius 2 is 1.83 bits per heavy atom. The minimum absolute atomic E-state index is 0.284. The fourth-order valence-electron chi connectivity index (χ4n) is 8.91. The standard InChI is InChI=1S/C29H48O/c1-6-22(21(3)19-30)11-10-20(2)25-14-15-26-24-13-12-23-9-7-8-17-28(23,4)27(24)16-18-29(25,26)5/h6,13,20-21,23,25-27,30H,7-12,14-19H2,1-5H3/t20-,21?,23?,25-,26+,27+,28+,29-/m1/s1. The van der Waals surface area contributed by atoms with E-state index in [1.807, 2.05) is 5.57 Å². The smallest absolute Gasteiger partial charge is 0.0493 e. The van der Waals surface area contributed by atoms with Gasteiger partial charge in [0.15, 0.2) is 0 Å². The van der Waals surface area contributed by atoms with E-state index in [4.69, 9.17) is 0 Å². The van der Waals surface area contributed by atoms with Gasteiger partial charge in [-0.25, -0.2) is 0 Å². The maximum absolute atomic E-state index is 9.57. The first-order valence-corrected chi connectivity index (χ1v) is 13.3. The summed E-state index contributed by atoms with van der Waals surface area (Å²) in [5.41, 5.74) is 4.51. The molecule has 0 bridgehead atoms. The van der Waals surface area contributed by atoms with Crippen molar-refractivity contribution in [3.63, 3.8) is 0 Å². The maximum Gasteiger partial charge on any atom is 0.0493 e. The lowest BCUT2D eigenvalue weighted by molar-refractivity contribution is -0.00785. The van der Waals surface area contributed by atoms with E-state index in [1.165, 1.54) is 76.2 Å². The summed E-state index contributed by atoms with van der Waals surface area (Å²) < 4.78 is 0. The molecule has 4 aliphatic carbocycles. The average Bonchev–Trinajstić information content (AvgIpc) is 3.10. The van der Waals surface area contributed by atoms with Crippen LogP contribution in [0.3, 0.4) is 0 Å². The van der Waals surface area contributed by atoms with E-state index in [0.29, 0.717) is 16.7 Å². The van der Waals surface area contributed by atoms with Crippen molar-refractivity contribution in [3.8, 4) is 0 Å². The fourth-order valence-corrected chi connectivity index (χ4v) is 8.91. The van der Waals surface area contributed by atoms with Crippen molar-refractivity contribution in [1.82, 2.24) is 0 Å². The second kappa shape index (κ2) is 8.76. The third kappa shape index (κ3) is 3.66. The van der Waals surface area contributed by atoms with Gasteiger partial charge in [-0.1, -0.05) is 63.8 Å². The van der Waals surface area contributed by atoms with E-state index in [1.54, 1.807) is 0 Å². The molecule has 1 N–H and O–H groups in total. The van der Waals surface area contributed by atoms with E-state index < -0.39 is 0 Å². The average molecular weight is 413 g/mol. The van der Waals surface area contributed by atoms with E-state index in [-0.39, 0.29) is 6.61 Å². The Morgan fingerprint density at radius 1 is 1.07 bits per heavy atom. The third-order valence-electron chi connectivity index (χ3n) is 10.9. The Bertz CT molecular complexity index is 674. The summed E-state index contributed by atoms with van der Waals surface area (Å²) in [4.78, 5) is 0. The Morgan fingerprint density at radius 3 is 2.57 bits per heavy atom. The van der Waals surface area contributed by atoms with Gasteiger partial charge in [-0.05, 0) is 105 Å². The lowest BCUT2D eigenvalue weighted by atomic mass is 9.48. The maximum atomic E-state index is 9.57. The van der Waals surface area contributed by atoms with Gasteiger partial charge in [0.05, 0.1) is 0 Å². The van der Waals surface area contributed by atoms with Crippen LogP contribution in [0.1, 0.15) is 105 Å². The molecule has 0 amide bonds. The highest BCUT2D eigenvalue weighted by Gasteiger charge is 2.57. The molecule has 30 heavy (non-hydrogen) atoms. The number of hydrogen-bond donors (Lipinski definition) is 1. The van der Waals surface area contributed by atoms with Crippen LogP contribution in [0.4, 0.5) is 0 Å².